The van der Waals surface area contributed by atoms with Gasteiger partial charge >= 0.3 is 6.16 Å². The smallest absolute Gasteiger partial charge is 0.456 e. The van der Waals surface area contributed by atoms with E-state index in [-0.39, 0.29) is 13.1 Å². The van der Waals surface area contributed by atoms with Crippen molar-refractivity contribution in [1.82, 2.24) is 0 Å². The van der Waals surface area contributed by atoms with Gasteiger partial charge in [0.25, 0.3) is 6.47 Å². The highest BCUT2D eigenvalue weighted by Gasteiger charge is 2.39. The minimum atomic E-state index is -1.00. The molecule has 0 spiro atoms. The fraction of sp³-hybridized carbons (Fsp3) is 0.625. The van der Waals surface area contributed by atoms with Gasteiger partial charge in [-0.3, -0.25) is 4.79 Å². The Morgan fingerprint density at radius 2 is 2.47 bits per heavy atom. The number of carbonyl (C=O) groups is 2. The monoisotopic (exact) mass is 215 g/mol. The van der Waals surface area contributed by atoms with Crippen LogP contribution in [0.3, 0.4) is 0 Å². The van der Waals surface area contributed by atoms with Crippen LogP contribution in [0.1, 0.15) is 0 Å². The van der Waals surface area contributed by atoms with E-state index >= 15 is 0 Å². The van der Waals surface area contributed by atoms with Crippen molar-refractivity contribution in [2.45, 2.75) is 18.3 Å². The van der Waals surface area contributed by atoms with Crippen molar-refractivity contribution in [1.29, 1.82) is 5.26 Å². The molecule has 0 aromatic heterocycles. The summed E-state index contributed by atoms with van der Waals surface area (Å²) in [6, 6.07) is 1.78. The number of nitrogens with zero attached hydrogens (tertiary/aromatic N) is 1. The van der Waals surface area contributed by atoms with Gasteiger partial charge in [0, 0.05) is 7.11 Å². The summed E-state index contributed by atoms with van der Waals surface area (Å²) in [5.41, 5.74) is 0. The number of methoxy groups -OCH3 is 1. The van der Waals surface area contributed by atoms with E-state index in [0.717, 1.165) is 0 Å². The maximum Gasteiger partial charge on any atom is 0.508 e. The maximum atomic E-state index is 10.6. The standard InChI is InChI=1S/C8H9NO6/c1-12-5(2-9)7(14-4-10)6-3-13-8(11)15-6/h4-7H,3H2,1H3. The van der Waals surface area contributed by atoms with Gasteiger partial charge in [0.15, 0.2) is 18.3 Å². The number of cyclic esters (lactones) is 2. The van der Waals surface area contributed by atoms with E-state index in [1.165, 1.54) is 7.11 Å². The Labute approximate surface area is 85.5 Å². The Morgan fingerprint density at radius 1 is 1.73 bits per heavy atom. The average molecular weight is 215 g/mol. The summed E-state index contributed by atoms with van der Waals surface area (Å²) in [6.45, 7) is 0.0963. The first-order valence-corrected chi connectivity index (χ1v) is 4.08. The van der Waals surface area contributed by atoms with Gasteiger partial charge in [-0.05, 0) is 0 Å². The van der Waals surface area contributed by atoms with Gasteiger partial charge in [0.05, 0.1) is 6.07 Å². The Morgan fingerprint density at radius 3 is 2.87 bits per heavy atom. The van der Waals surface area contributed by atoms with Crippen LogP contribution in [0.5, 0.6) is 0 Å². The molecule has 0 aliphatic carbocycles. The fourth-order valence-electron chi connectivity index (χ4n) is 1.18. The summed E-state index contributed by atoms with van der Waals surface area (Å²) in [6.07, 6.45) is -3.65. The van der Waals surface area contributed by atoms with Gasteiger partial charge in [-0.1, -0.05) is 0 Å². The second-order valence-corrected chi connectivity index (χ2v) is 2.70. The number of hydrogen-bond donors (Lipinski definition) is 0. The molecule has 0 aromatic carbocycles. The highest BCUT2D eigenvalue weighted by molar-refractivity contribution is 5.62. The predicted molar refractivity (Wildman–Crippen MR) is 43.6 cm³/mol. The van der Waals surface area contributed by atoms with E-state index in [9.17, 15) is 9.59 Å². The lowest BCUT2D eigenvalue weighted by molar-refractivity contribution is -0.145. The fourth-order valence-corrected chi connectivity index (χ4v) is 1.18. The van der Waals surface area contributed by atoms with Crippen LogP contribution in [0.15, 0.2) is 0 Å². The first kappa shape index (κ1) is 11.3. The molecule has 82 valence electrons. The van der Waals surface area contributed by atoms with E-state index < -0.39 is 24.5 Å². The first-order valence-electron chi connectivity index (χ1n) is 4.08. The van der Waals surface area contributed by atoms with Gasteiger partial charge in [-0.25, -0.2) is 4.79 Å². The number of ether oxygens (including phenoxy) is 4. The van der Waals surface area contributed by atoms with Crippen molar-refractivity contribution in [3.8, 4) is 6.07 Å². The minimum Gasteiger partial charge on any atom is -0.456 e. The zero-order chi connectivity index (χ0) is 11.3. The van der Waals surface area contributed by atoms with Crippen LogP contribution >= 0.6 is 0 Å². The molecule has 7 nitrogen and oxygen atoms in total. The Hall–Kier alpha value is -1.81. The van der Waals surface area contributed by atoms with Crippen molar-refractivity contribution in [2.75, 3.05) is 13.7 Å². The topological polar surface area (TPSA) is 94.9 Å². The molecule has 7 heteroatoms. The summed E-state index contributed by atoms with van der Waals surface area (Å²) in [5, 5.41) is 8.70. The van der Waals surface area contributed by atoms with E-state index in [1.54, 1.807) is 6.07 Å². The second kappa shape index (κ2) is 5.17. The number of hydrogen-bond acceptors (Lipinski definition) is 7. The Bertz CT molecular complexity index is 285. The third kappa shape index (κ3) is 2.57. The van der Waals surface area contributed by atoms with Crippen LogP contribution in [0.4, 0.5) is 4.79 Å². The molecular weight excluding hydrogens is 206 g/mol. The highest BCUT2D eigenvalue weighted by atomic mass is 16.8. The van der Waals surface area contributed by atoms with Gasteiger partial charge in [0.1, 0.15) is 6.61 Å². The molecule has 0 saturated carbocycles. The quantitative estimate of drug-likeness (QED) is 0.454. The van der Waals surface area contributed by atoms with Crippen LogP contribution in [-0.4, -0.2) is 44.7 Å². The molecule has 1 rings (SSSR count). The van der Waals surface area contributed by atoms with Gasteiger partial charge in [0.2, 0.25) is 0 Å². The SMILES string of the molecule is COC(C#N)C(OC=O)C1COC(=O)O1. The molecule has 15 heavy (non-hydrogen) atoms. The number of carbonyl (C=O) groups excluding carboxylic acids is 2. The van der Waals surface area contributed by atoms with Crippen molar-refractivity contribution in [3.63, 3.8) is 0 Å². The molecule has 1 aliphatic heterocycles. The average Bonchev–Trinajstić information content (AvgIpc) is 2.65. The zero-order valence-corrected chi connectivity index (χ0v) is 7.91. The molecule has 0 amide bonds. The van der Waals surface area contributed by atoms with Crippen LogP contribution in [0.25, 0.3) is 0 Å². The summed E-state index contributed by atoms with van der Waals surface area (Å²) in [7, 11) is 1.28. The summed E-state index contributed by atoms with van der Waals surface area (Å²) < 4.78 is 18.6. The molecule has 1 fully saturated rings. The van der Waals surface area contributed by atoms with Crippen LogP contribution in [-0.2, 0) is 23.7 Å². The maximum absolute atomic E-state index is 10.6. The van der Waals surface area contributed by atoms with E-state index in [1.807, 2.05) is 0 Å². The third-order valence-electron chi connectivity index (χ3n) is 1.87. The molecular formula is C8H9NO6. The van der Waals surface area contributed by atoms with E-state index in [0.29, 0.717) is 0 Å². The lowest BCUT2D eigenvalue weighted by atomic mass is 10.1. The highest BCUT2D eigenvalue weighted by Crippen LogP contribution is 2.16. The number of nitriles is 1. The normalized spacial score (nSPS) is 23.2. The van der Waals surface area contributed by atoms with Gasteiger partial charge in [-0.2, -0.15) is 5.26 Å². The molecule has 3 atom stereocenters. The number of rotatable bonds is 5. The summed E-state index contributed by atoms with van der Waals surface area (Å²) in [5.74, 6) is 0. The van der Waals surface area contributed by atoms with Crippen molar-refractivity contribution < 1.29 is 28.5 Å². The lowest BCUT2D eigenvalue weighted by Gasteiger charge is -2.21. The van der Waals surface area contributed by atoms with Gasteiger partial charge in [-0.15, -0.1) is 0 Å². The van der Waals surface area contributed by atoms with E-state index in [4.69, 9.17) is 10.00 Å². The molecule has 0 radical (unpaired) electrons. The predicted octanol–water partition coefficient (Wildman–Crippen LogP) is -0.398. The molecule has 1 heterocycles. The van der Waals surface area contributed by atoms with Crippen molar-refractivity contribution in [3.05, 3.63) is 0 Å². The van der Waals surface area contributed by atoms with Gasteiger partial charge < -0.3 is 18.9 Å². The Balaban J connectivity index is 2.68. The molecule has 0 bridgehead atoms. The van der Waals surface area contributed by atoms with Crippen LogP contribution < -0.4 is 0 Å². The second-order valence-electron chi connectivity index (χ2n) is 2.70. The summed E-state index contributed by atoms with van der Waals surface area (Å²) >= 11 is 0. The first-order chi connectivity index (χ1) is 7.22. The molecule has 1 aliphatic rings. The largest absolute Gasteiger partial charge is 0.508 e. The van der Waals surface area contributed by atoms with E-state index in [2.05, 4.69) is 14.2 Å². The molecule has 0 N–H and O–H groups in total. The molecule has 3 unspecified atom stereocenters. The van der Waals surface area contributed by atoms with Crippen LogP contribution in [0, 0.1) is 11.3 Å². The molecule has 0 aromatic rings. The van der Waals surface area contributed by atoms with Crippen LogP contribution in [0.2, 0.25) is 0 Å². The third-order valence-corrected chi connectivity index (χ3v) is 1.87. The summed E-state index contributed by atoms with van der Waals surface area (Å²) in [4.78, 5) is 20.9. The lowest BCUT2D eigenvalue weighted by Crippen LogP contribution is -2.41. The Kier molecular flexibility index (Phi) is 3.88. The zero-order valence-electron chi connectivity index (χ0n) is 7.91. The minimum absolute atomic E-state index is 0.0706. The van der Waals surface area contributed by atoms with Crippen molar-refractivity contribution >= 4 is 12.6 Å². The molecule has 1 saturated heterocycles. The van der Waals surface area contributed by atoms with Crippen molar-refractivity contribution in [2.24, 2.45) is 0 Å².